The summed E-state index contributed by atoms with van der Waals surface area (Å²) in [5.41, 5.74) is 8.51. The fourth-order valence-electron chi connectivity index (χ4n) is 1.66. The third kappa shape index (κ3) is 1.29. The number of anilines is 1. The molecule has 16 heavy (non-hydrogen) atoms. The molecule has 3 aromatic heterocycles. The number of nitrogens with zero attached hydrogens (tertiary/aromatic N) is 3. The highest BCUT2D eigenvalue weighted by Gasteiger charge is 2.11. The monoisotopic (exact) mass is 230 g/mol. The smallest absolute Gasteiger partial charge is 0.178 e. The maximum atomic E-state index is 5.77. The average Bonchev–Trinajstić information content (AvgIpc) is 2.83. The lowest BCUT2D eigenvalue weighted by molar-refractivity contribution is 1.11. The molecule has 5 heteroatoms. The van der Waals surface area contributed by atoms with Crippen LogP contribution in [0, 0.1) is 6.92 Å². The van der Waals surface area contributed by atoms with Crippen molar-refractivity contribution in [3.05, 3.63) is 35.3 Å². The van der Waals surface area contributed by atoms with Gasteiger partial charge in [-0.3, -0.25) is 4.40 Å². The molecule has 80 valence electrons. The lowest BCUT2D eigenvalue weighted by Crippen LogP contribution is -1.92. The van der Waals surface area contributed by atoms with Crippen LogP contribution in [-0.4, -0.2) is 14.6 Å². The Labute approximate surface area is 96.4 Å². The number of pyridine rings is 1. The molecular formula is C11H10N4S. The van der Waals surface area contributed by atoms with Gasteiger partial charge in [0.25, 0.3) is 0 Å². The van der Waals surface area contributed by atoms with E-state index >= 15 is 0 Å². The maximum Gasteiger partial charge on any atom is 0.178 e. The van der Waals surface area contributed by atoms with E-state index in [2.05, 4.69) is 28.6 Å². The first-order valence-electron chi connectivity index (χ1n) is 4.90. The van der Waals surface area contributed by atoms with Crippen LogP contribution in [0.2, 0.25) is 0 Å². The summed E-state index contributed by atoms with van der Waals surface area (Å²) in [7, 11) is 0. The van der Waals surface area contributed by atoms with E-state index in [0.29, 0.717) is 5.69 Å². The van der Waals surface area contributed by atoms with E-state index in [4.69, 9.17) is 5.73 Å². The zero-order valence-corrected chi connectivity index (χ0v) is 9.53. The molecule has 0 saturated heterocycles. The summed E-state index contributed by atoms with van der Waals surface area (Å²) in [5.74, 6) is 0.856. The number of hydrogen-bond acceptors (Lipinski definition) is 4. The molecule has 0 bridgehead atoms. The van der Waals surface area contributed by atoms with E-state index in [9.17, 15) is 0 Å². The van der Waals surface area contributed by atoms with Gasteiger partial charge in [0.1, 0.15) is 0 Å². The van der Waals surface area contributed by atoms with Crippen LogP contribution in [0.15, 0.2) is 29.8 Å². The van der Waals surface area contributed by atoms with E-state index in [0.717, 1.165) is 16.3 Å². The second-order valence-corrected chi connectivity index (χ2v) is 4.56. The van der Waals surface area contributed by atoms with Crippen LogP contribution >= 0.6 is 11.3 Å². The number of rotatable bonds is 1. The molecule has 2 N–H and O–H groups in total. The van der Waals surface area contributed by atoms with Gasteiger partial charge in [-0.25, -0.2) is 0 Å². The Morgan fingerprint density at radius 1 is 1.25 bits per heavy atom. The summed E-state index contributed by atoms with van der Waals surface area (Å²) in [5, 5.41) is 10.4. The molecule has 0 spiro atoms. The molecule has 4 nitrogen and oxygen atoms in total. The zero-order chi connectivity index (χ0) is 11.1. The number of aromatic nitrogens is 3. The van der Waals surface area contributed by atoms with Crippen LogP contribution in [0.3, 0.4) is 0 Å². The molecule has 3 rings (SSSR count). The number of nitrogens with two attached hydrogens (primary N) is 1. The first-order chi connectivity index (χ1) is 7.75. The molecule has 3 aromatic rings. The summed E-state index contributed by atoms with van der Waals surface area (Å²) >= 11 is 1.66. The highest BCUT2D eigenvalue weighted by Crippen LogP contribution is 2.28. The number of nitrogen functional groups attached to an aromatic ring is 1. The third-order valence-corrected chi connectivity index (χ3v) is 3.50. The van der Waals surface area contributed by atoms with Gasteiger partial charge >= 0.3 is 0 Å². The molecule has 0 aliphatic carbocycles. The van der Waals surface area contributed by atoms with Crippen molar-refractivity contribution in [2.75, 3.05) is 5.73 Å². The van der Waals surface area contributed by atoms with Crippen molar-refractivity contribution >= 4 is 22.7 Å². The lowest BCUT2D eigenvalue weighted by Gasteiger charge is -1.99. The molecule has 0 atom stereocenters. The predicted molar refractivity (Wildman–Crippen MR) is 65.4 cm³/mol. The first kappa shape index (κ1) is 9.35. The molecule has 0 radical (unpaired) electrons. The normalized spacial score (nSPS) is 11.1. The van der Waals surface area contributed by atoms with Gasteiger partial charge in [0.05, 0.1) is 4.88 Å². The summed E-state index contributed by atoms with van der Waals surface area (Å²) in [6, 6.07) is 5.78. The minimum absolute atomic E-state index is 0.711. The minimum Gasteiger partial charge on any atom is -0.398 e. The Hall–Kier alpha value is -1.88. The summed E-state index contributed by atoms with van der Waals surface area (Å²) in [6.07, 6.45) is 1.85. The summed E-state index contributed by atoms with van der Waals surface area (Å²) in [6.45, 7) is 2.07. The Balaban J connectivity index is 2.32. The molecule has 3 heterocycles. The Morgan fingerprint density at radius 3 is 2.88 bits per heavy atom. The second-order valence-electron chi connectivity index (χ2n) is 3.65. The van der Waals surface area contributed by atoms with Crippen molar-refractivity contribution in [3.8, 4) is 10.7 Å². The van der Waals surface area contributed by atoms with Crippen molar-refractivity contribution in [3.63, 3.8) is 0 Å². The highest BCUT2D eigenvalue weighted by molar-refractivity contribution is 7.13. The van der Waals surface area contributed by atoms with Crippen LogP contribution in [0.25, 0.3) is 16.3 Å². The summed E-state index contributed by atoms with van der Waals surface area (Å²) < 4.78 is 1.92. The van der Waals surface area contributed by atoms with E-state index in [1.165, 1.54) is 5.56 Å². The van der Waals surface area contributed by atoms with Crippen molar-refractivity contribution in [1.82, 2.24) is 14.6 Å². The highest BCUT2D eigenvalue weighted by atomic mass is 32.1. The quantitative estimate of drug-likeness (QED) is 0.698. The largest absolute Gasteiger partial charge is 0.398 e. The van der Waals surface area contributed by atoms with Crippen LogP contribution in [0.1, 0.15) is 5.56 Å². The zero-order valence-electron chi connectivity index (χ0n) is 8.71. The van der Waals surface area contributed by atoms with Gasteiger partial charge < -0.3 is 5.73 Å². The maximum absolute atomic E-state index is 5.77. The molecular weight excluding hydrogens is 220 g/mol. The van der Waals surface area contributed by atoms with Gasteiger partial charge in [-0.05, 0) is 36.1 Å². The van der Waals surface area contributed by atoms with Gasteiger partial charge in [-0.2, -0.15) is 0 Å². The Bertz CT molecular complexity index is 653. The third-order valence-electron chi connectivity index (χ3n) is 2.49. The number of thiophene rings is 1. The van der Waals surface area contributed by atoms with E-state index in [-0.39, 0.29) is 0 Å². The summed E-state index contributed by atoms with van der Waals surface area (Å²) in [4.78, 5) is 1.14. The van der Waals surface area contributed by atoms with Gasteiger partial charge in [0.2, 0.25) is 0 Å². The lowest BCUT2D eigenvalue weighted by atomic mass is 10.3. The fourth-order valence-corrected chi connectivity index (χ4v) is 2.57. The van der Waals surface area contributed by atoms with Crippen LogP contribution in [0.5, 0.6) is 0 Å². The number of hydrogen-bond donors (Lipinski definition) is 1. The standard InChI is InChI=1S/C11H10N4S/c1-7-4-5-16-10(7)11-14-13-9-3-2-8(12)6-15(9)11/h2-6H,12H2,1H3. The van der Waals surface area contributed by atoms with Crippen LogP contribution in [-0.2, 0) is 0 Å². The molecule has 0 aliphatic heterocycles. The second kappa shape index (κ2) is 3.31. The number of aryl methyl sites for hydroxylation is 1. The van der Waals surface area contributed by atoms with Gasteiger partial charge in [0, 0.05) is 11.9 Å². The molecule has 0 aliphatic rings. The molecule has 0 saturated carbocycles. The van der Waals surface area contributed by atoms with Crippen LogP contribution in [0.4, 0.5) is 5.69 Å². The SMILES string of the molecule is Cc1ccsc1-c1nnc2ccc(N)cn12. The minimum atomic E-state index is 0.711. The van der Waals surface area contributed by atoms with Crippen molar-refractivity contribution in [2.24, 2.45) is 0 Å². The Morgan fingerprint density at radius 2 is 2.12 bits per heavy atom. The van der Waals surface area contributed by atoms with Gasteiger partial charge in [-0.15, -0.1) is 21.5 Å². The van der Waals surface area contributed by atoms with Crippen molar-refractivity contribution in [1.29, 1.82) is 0 Å². The predicted octanol–water partition coefficient (Wildman–Crippen LogP) is 2.35. The Kier molecular flexibility index (Phi) is 1.94. The topological polar surface area (TPSA) is 56.2 Å². The van der Waals surface area contributed by atoms with Crippen molar-refractivity contribution < 1.29 is 0 Å². The average molecular weight is 230 g/mol. The number of fused-ring (bicyclic) bond motifs is 1. The molecule has 0 fully saturated rings. The molecule has 0 unspecified atom stereocenters. The van der Waals surface area contributed by atoms with E-state index in [1.807, 2.05) is 22.7 Å². The van der Waals surface area contributed by atoms with Crippen LogP contribution < -0.4 is 5.73 Å². The molecule has 0 aromatic carbocycles. The van der Waals surface area contributed by atoms with Crippen molar-refractivity contribution in [2.45, 2.75) is 6.92 Å². The first-order valence-corrected chi connectivity index (χ1v) is 5.78. The van der Waals surface area contributed by atoms with E-state index < -0.39 is 0 Å². The fraction of sp³-hybridized carbons (Fsp3) is 0.0909. The van der Waals surface area contributed by atoms with Gasteiger partial charge in [-0.1, -0.05) is 0 Å². The van der Waals surface area contributed by atoms with Gasteiger partial charge in [0.15, 0.2) is 11.5 Å². The molecule has 0 amide bonds. The van der Waals surface area contributed by atoms with E-state index in [1.54, 1.807) is 11.3 Å².